The number of hydrogen-bond acceptors (Lipinski definition) is 5. The molecule has 1 saturated carbocycles. The van der Waals surface area contributed by atoms with E-state index in [1.165, 1.54) is 18.2 Å². The minimum atomic E-state index is -0.528. The first-order chi connectivity index (χ1) is 10.0. The number of oxime groups is 1. The summed E-state index contributed by atoms with van der Waals surface area (Å²) < 4.78 is 5.90. The Bertz CT molecular complexity index is 551. The molecule has 0 atom stereocenters. The molecule has 3 N–H and O–H groups in total. The zero-order chi connectivity index (χ0) is 15.4. The first kappa shape index (κ1) is 15.1. The number of nitrogens with two attached hydrogens (primary N) is 1. The van der Waals surface area contributed by atoms with Gasteiger partial charge >= 0.3 is 0 Å². The summed E-state index contributed by atoms with van der Waals surface area (Å²) in [5.41, 5.74) is 5.71. The van der Waals surface area contributed by atoms with Crippen molar-refractivity contribution in [2.24, 2.45) is 16.8 Å². The Kier molecular flexibility index (Phi) is 4.62. The van der Waals surface area contributed by atoms with E-state index in [0.29, 0.717) is 11.7 Å². The lowest BCUT2D eigenvalue weighted by Crippen LogP contribution is -2.24. The lowest BCUT2D eigenvalue weighted by molar-refractivity contribution is -0.384. The molecule has 1 aliphatic rings. The summed E-state index contributed by atoms with van der Waals surface area (Å²) in [4.78, 5) is 10.3. The molecule has 0 spiro atoms. The maximum absolute atomic E-state index is 10.8. The average Bonchev–Trinajstić information content (AvgIpc) is 2.49. The van der Waals surface area contributed by atoms with Crippen LogP contribution in [0.5, 0.6) is 5.75 Å². The number of non-ortho nitro benzene ring substituents is 1. The summed E-state index contributed by atoms with van der Waals surface area (Å²) >= 11 is 0. The number of nitrogens with zero attached hydrogens (tertiary/aromatic N) is 2. The molecule has 0 radical (unpaired) electrons. The number of nitro groups is 1. The summed E-state index contributed by atoms with van der Waals surface area (Å²) in [6.45, 7) is 2.21. The van der Waals surface area contributed by atoms with Crippen LogP contribution >= 0.6 is 0 Å². The van der Waals surface area contributed by atoms with Gasteiger partial charge in [0.1, 0.15) is 5.75 Å². The molecular weight excluding hydrogens is 274 g/mol. The smallest absolute Gasteiger partial charge is 0.270 e. The summed E-state index contributed by atoms with van der Waals surface area (Å²) in [5, 5.41) is 22.6. The van der Waals surface area contributed by atoms with Crippen LogP contribution in [0.4, 0.5) is 5.69 Å². The van der Waals surface area contributed by atoms with Crippen molar-refractivity contribution in [1.82, 2.24) is 0 Å². The molecule has 0 bridgehead atoms. The maximum atomic E-state index is 10.8. The first-order valence-corrected chi connectivity index (χ1v) is 6.94. The van der Waals surface area contributed by atoms with Gasteiger partial charge in [0, 0.05) is 12.1 Å². The van der Waals surface area contributed by atoms with E-state index in [2.05, 4.69) is 12.1 Å². The number of nitro benzene ring substituents is 1. The van der Waals surface area contributed by atoms with Gasteiger partial charge in [-0.1, -0.05) is 12.1 Å². The van der Waals surface area contributed by atoms with Crippen LogP contribution in [0.2, 0.25) is 0 Å². The molecule has 1 aliphatic carbocycles. The van der Waals surface area contributed by atoms with Crippen molar-refractivity contribution < 1.29 is 14.9 Å². The summed E-state index contributed by atoms with van der Waals surface area (Å²) in [7, 11) is 0. The molecule has 0 unspecified atom stereocenters. The topological polar surface area (TPSA) is 111 Å². The van der Waals surface area contributed by atoms with Crippen molar-refractivity contribution in [3.63, 3.8) is 0 Å². The number of rotatable bonds is 4. The molecule has 7 heteroatoms. The highest BCUT2D eigenvalue weighted by atomic mass is 16.6. The Morgan fingerprint density at radius 1 is 1.43 bits per heavy atom. The molecule has 1 aromatic carbocycles. The average molecular weight is 293 g/mol. The third-order valence-electron chi connectivity index (χ3n) is 3.81. The van der Waals surface area contributed by atoms with Gasteiger partial charge in [-0.25, -0.2) is 0 Å². The number of benzene rings is 1. The van der Waals surface area contributed by atoms with Crippen LogP contribution in [0.25, 0.3) is 0 Å². The second-order valence-corrected chi connectivity index (χ2v) is 5.42. The van der Waals surface area contributed by atoms with Gasteiger partial charge in [0.15, 0.2) is 5.84 Å². The predicted octanol–water partition coefficient (Wildman–Crippen LogP) is 2.65. The second-order valence-electron chi connectivity index (χ2n) is 5.42. The van der Waals surface area contributed by atoms with E-state index in [0.717, 1.165) is 25.7 Å². The zero-order valence-electron chi connectivity index (χ0n) is 11.9. The highest BCUT2D eigenvalue weighted by Gasteiger charge is 2.22. The molecule has 0 aromatic heterocycles. The van der Waals surface area contributed by atoms with Crippen LogP contribution < -0.4 is 10.5 Å². The van der Waals surface area contributed by atoms with E-state index in [9.17, 15) is 10.1 Å². The van der Waals surface area contributed by atoms with Gasteiger partial charge in [0.2, 0.25) is 0 Å². The zero-order valence-corrected chi connectivity index (χ0v) is 11.9. The Morgan fingerprint density at radius 3 is 2.67 bits per heavy atom. The molecule has 1 aromatic rings. The van der Waals surface area contributed by atoms with Gasteiger partial charge in [-0.2, -0.15) is 0 Å². The lowest BCUT2D eigenvalue weighted by Gasteiger charge is -2.27. The van der Waals surface area contributed by atoms with E-state index in [1.54, 1.807) is 0 Å². The van der Waals surface area contributed by atoms with Crippen LogP contribution in [0.3, 0.4) is 0 Å². The van der Waals surface area contributed by atoms with Gasteiger partial charge in [0.05, 0.1) is 16.6 Å². The molecule has 0 saturated heterocycles. The Balaban J connectivity index is 2.23. The minimum absolute atomic E-state index is 0.0629. The molecule has 2 rings (SSSR count). The van der Waals surface area contributed by atoms with Crippen molar-refractivity contribution in [2.45, 2.75) is 38.7 Å². The molecule has 0 heterocycles. The Morgan fingerprint density at radius 2 is 2.10 bits per heavy atom. The van der Waals surface area contributed by atoms with Crippen LogP contribution in [-0.4, -0.2) is 22.1 Å². The van der Waals surface area contributed by atoms with Crippen molar-refractivity contribution >= 4 is 11.5 Å². The van der Waals surface area contributed by atoms with Crippen LogP contribution in [0.1, 0.15) is 38.2 Å². The third kappa shape index (κ3) is 3.62. The molecule has 0 amide bonds. The Labute approximate surface area is 122 Å². The Hall–Kier alpha value is -2.31. The monoisotopic (exact) mass is 293 g/mol. The molecule has 21 heavy (non-hydrogen) atoms. The molecule has 0 aliphatic heterocycles. The van der Waals surface area contributed by atoms with Crippen molar-refractivity contribution in [2.75, 3.05) is 0 Å². The van der Waals surface area contributed by atoms with Crippen molar-refractivity contribution in [3.05, 3.63) is 33.9 Å². The minimum Gasteiger partial charge on any atom is -0.490 e. The fourth-order valence-electron chi connectivity index (χ4n) is 2.52. The third-order valence-corrected chi connectivity index (χ3v) is 3.81. The lowest BCUT2D eigenvalue weighted by atomic mass is 9.89. The molecule has 114 valence electrons. The number of hydrogen-bond donors (Lipinski definition) is 2. The summed E-state index contributed by atoms with van der Waals surface area (Å²) in [6, 6.07) is 4.12. The maximum Gasteiger partial charge on any atom is 0.270 e. The summed E-state index contributed by atoms with van der Waals surface area (Å²) in [5.74, 6) is 0.915. The van der Waals surface area contributed by atoms with Crippen molar-refractivity contribution in [1.29, 1.82) is 0 Å². The van der Waals surface area contributed by atoms with Gasteiger partial charge in [-0.15, -0.1) is 0 Å². The highest BCUT2D eigenvalue weighted by Crippen LogP contribution is 2.30. The summed E-state index contributed by atoms with van der Waals surface area (Å²) in [6.07, 6.45) is 4.13. The van der Waals surface area contributed by atoms with Gasteiger partial charge in [-0.05, 0) is 37.7 Å². The highest BCUT2D eigenvalue weighted by molar-refractivity contribution is 6.00. The second kappa shape index (κ2) is 6.43. The SMILES string of the molecule is CC1CCC(Oc2ccc([N+](=O)[O-])cc2C(N)=NO)CC1. The van der Waals surface area contributed by atoms with E-state index >= 15 is 0 Å². The van der Waals surface area contributed by atoms with Crippen LogP contribution in [-0.2, 0) is 0 Å². The quantitative estimate of drug-likeness (QED) is 0.291. The van der Waals surface area contributed by atoms with Crippen LogP contribution in [0.15, 0.2) is 23.4 Å². The van der Waals surface area contributed by atoms with E-state index in [-0.39, 0.29) is 23.2 Å². The standard InChI is InChI=1S/C14H19N3O4/c1-9-2-5-11(6-3-9)21-13-7-4-10(17(19)20)8-12(13)14(15)16-18/h4,7-9,11,18H,2-3,5-6H2,1H3,(H2,15,16). The van der Waals surface area contributed by atoms with E-state index in [1.807, 2.05) is 0 Å². The van der Waals surface area contributed by atoms with Crippen LogP contribution in [0, 0.1) is 16.0 Å². The molecule has 7 nitrogen and oxygen atoms in total. The molecule has 1 fully saturated rings. The normalized spacial score (nSPS) is 22.8. The number of amidine groups is 1. The van der Waals surface area contributed by atoms with Crippen molar-refractivity contribution in [3.8, 4) is 5.75 Å². The van der Waals surface area contributed by atoms with Gasteiger partial charge < -0.3 is 15.7 Å². The van der Waals surface area contributed by atoms with Gasteiger partial charge in [0.25, 0.3) is 5.69 Å². The number of ether oxygens (including phenoxy) is 1. The molecular formula is C14H19N3O4. The van der Waals surface area contributed by atoms with E-state index in [4.69, 9.17) is 15.7 Å². The fraction of sp³-hybridized carbons (Fsp3) is 0.500. The predicted molar refractivity (Wildman–Crippen MR) is 77.7 cm³/mol. The largest absolute Gasteiger partial charge is 0.490 e. The fourth-order valence-corrected chi connectivity index (χ4v) is 2.52. The first-order valence-electron chi connectivity index (χ1n) is 6.94. The van der Waals surface area contributed by atoms with E-state index < -0.39 is 4.92 Å². The van der Waals surface area contributed by atoms with Gasteiger partial charge in [-0.3, -0.25) is 10.1 Å².